The van der Waals surface area contributed by atoms with Gasteiger partial charge < -0.3 is 10.7 Å². The molecule has 0 amide bonds. The van der Waals surface area contributed by atoms with E-state index in [1.165, 1.54) is 16.7 Å². The van der Waals surface area contributed by atoms with Crippen LogP contribution in [0.25, 0.3) is 11.1 Å². The molecule has 0 aromatic carbocycles. The summed E-state index contributed by atoms with van der Waals surface area (Å²) in [5.74, 6) is 0. The van der Waals surface area contributed by atoms with Crippen LogP contribution < -0.4 is 5.32 Å². The molecule has 0 spiro atoms. The highest BCUT2D eigenvalue weighted by Crippen LogP contribution is 2.31. The summed E-state index contributed by atoms with van der Waals surface area (Å²) in [6.07, 6.45) is 7.00. The average molecular weight is 267 g/mol. The van der Waals surface area contributed by atoms with Gasteiger partial charge in [0, 0.05) is 30.7 Å². The van der Waals surface area contributed by atoms with E-state index in [-0.39, 0.29) is 0 Å². The molecule has 0 saturated carbocycles. The van der Waals surface area contributed by atoms with Crippen molar-refractivity contribution >= 4 is 16.9 Å². The molecule has 1 aliphatic carbocycles. The quantitative estimate of drug-likeness (QED) is 0.815. The third kappa shape index (κ3) is 2.87. The number of hydrogen-bond donors (Lipinski definition) is 2. The topological polar surface area (TPSA) is 48.8 Å². The molecule has 0 aliphatic heterocycles. The number of rotatable bonds is 4. The number of nitrogens with zero attached hydrogens (tertiary/aromatic N) is 1. The van der Waals surface area contributed by atoms with Gasteiger partial charge in [0.05, 0.1) is 5.69 Å². The first-order chi connectivity index (χ1) is 9.52. The molecule has 2 N–H and O–H groups in total. The van der Waals surface area contributed by atoms with Crippen LogP contribution in [-0.2, 0) is 0 Å². The lowest BCUT2D eigenvalue weighted by atomic mass is 10.0. The standard InChI is InChI=1S/C17H21N3/c1-11-7-12(2)15(8-11)14-5-6-17(20-9-14)16(10-19-4)13(3)18/h5-6,8-10,18-19H,7H2,1-4H3/b16-10+,18-13?. The van der Waals surface area contributed by atoms with Gasteiger partial charge in [-0.15, -0.1) is 0 Å². The summed E-state index contributed by atoms with van der Waals surface area (Å²) in [6.45, 7) is 6.10. The summed E-state index contributed by atoms with van der Waals surface area (Å²) in [5, 5.41) is 10.8. The molecule has 3 nitrogen and oxygen atoms in total. The molecule has 1 heterocycles. The Kier molecular flexibility index (Phi) is 4.18. The Morgan fingerprint density at radius 1 is 1.35 bits per heavy atom. The molecule has 0 unspecified atom stereocenters. The van der Waals surface area contributed by atoms with E-state index in [0.29, 0.717) is 5.71 Å². The molecular weight excluding hydrogens is 246 g/mol. The van der Waals surface area contributed by atoms with Crippen LogP contribution in [0, 0.1) is 5.41 Å². The van der Waals surface area contributed by atoms with E-state index >= 15 is 0 Å². The minimum atomic E-state index is 0.506. The Balaban J connectivity index is 2.34. The van der Waals surface area contributed by atoms with Crippen LogP contribution in [0.3, 0.4) is 0 Å². The van der Waals surface area contributed by atoms with Crippen LogP contribution in [0.2, 0.25) is 0 Å². The van der Waals surface area contributed by atoms with Crippen molar-refractivity contribution in [2.24, 2.45) is 0 Å². The van der Waals surface area contributed by atoms with Gasteiger partial charge in [0.1, 0.15) is 0 Å². The number of hydrogen-bond acceptors (Lipinski definition) is 3. The molecular formula is C17H21N3. The Hall–Kier alpha value is -2.16. The lowest BCUT2D eigenvalue weighted by Crippen LogP contribution is -2.04. The van der Waals surface area contributed by atoms with E-state index in [1.54, 1.807) is 6.92 Å². The predicted octanol–water partition coefficient (Wildman–Crippen LogP) is 3.81. The molecule has 1 aliphatic rings. The summed E-state index contributed by atoms with van der Waals surface area (Å²) in [5.41, 5.74) is 7.38. The highest BCUT2D eigenvalue weighted by Gasteiger charge is 2.12. The van der Waals surface area contributed by atoms with Crippen molar-refractivity contribution in [3.8, 4) is 0 Å². The fourth-order valence-corrected chi connectivity index (χ4v) is 2.49. The van der Waals surface area contributed by atoms with E-state index in [0.717, 1.165) is 23.3 Å². The molecule has 0 fully saturated rings. The van der Waals surface area contributed by atoms with Gasteiger partial charge in [0.2, 0.25) is 0 Å². The number of pyridine rings is 1. The fraction of sp³-hybridized carbons (Fsp3) is 0.294. The normalized spacial score (nSPS) is 15.4. The summed E-state index contributed by atoms with van der Waals surface area (Å²) in [6, 6.07) is 4.07. The molecule has 1 aromatic rings. The van der Waals surface area contributed by atoms with Crippen LogP contribution in [0.4, 0.5) is 0 Å². The van der Waals surface area contributed by atoms with E-state index in [2.05, 4.69) is 36.3 Å². The molecule has 3 heteroatoms. The van der Waals surface area contributed by atoms with Crippen molar-refractivity contribution in [2.75, 3.05) is 7.05 Å². The van der Waals surface area contributed by atoms with E-state index in [4.69, 9.17) is 5.41 Å². The van der Waals surface area contributed by atoms with Crippen molar-refractivity contribution in [1.29, 1.82) is 5.41 Å². The lowest BCUT2D eigenvalue weighted by molar-refractivity contribution is 1.10. The van der Waals surface area contributed by atoms with Crippen molar-refractivity contribution in [3.63, 3.8) is 0 Å². The van der Waals surface area contributed by atoms with Gasteiger partial charge in [0.15, 0.2) is 0 Å². The SMILES string of the molecule is CN/C=C(\C(C)=N)c1ccc(C2=C(C)CC(C)=C2)cn1. The molecule has 0 atom stereocenters. The zero-order valence-corrected chi connectivity index (χ0v) is 12.5. The van der Waals surface area contributed by atoms with Crippen molar-refractivity contribution in [2.45, 2.75) is 27.2 Å². The van der Waals surface area contributed by atoms with Crippen LogP contribution >= 0.6 is 0 Å². The zero-order chi connectivity index (χ0) is 14.7. The maximum atomic E-state index is 7.80. The second-order valence-electron chi connectivity index (χ2n) is 5.27. The molecule has 0 radical (unpaired) electrons. The van der Waals surface area contributed by atoms with Crippen molar-refractivity contribution in [1.82, 2.24) is 10.3 Å². The third-order valence-corrected chi connectivity index (χ3v) is 3.44. The Morgan fingerprint density at radius 2 is 2.10 bits per heavy atom. The van der Waals surface area contributed by atoms with Gasteiger partial charge in [-0.3, -0.25) is 4.98 Å². The summed E-state index contributed by atoms with van der Waals surface area (Å²) in [7, 11) is 1.83. The minimum Gasteiger partial charge on any atom is -0.393 e. The molecule has 2 rings (SSSR count). The van der Waals surface area contributed by atoms with Gasteiger partial charge >= 0.3 is 0 Å². The summed E-state index contributed by atoms with van der Waals surface area (Å²) >= 11 is 0. The highest BCUT2D eigenvalue weighted by molar-refractivity contribution is 6.20. The molecule has 1 aromatic heterocycles. The largest absolute Gasteiger partial charge is 0.393 e. The molecule has 0 bridgehead atoms. The second-order valence-corrected chi connectivity index (χ2v) is 5.27. The summed E-state index contributed by atoms with van der Waals surface area (Å²) < 4.78 is 0. The average Bonchev–Trinajstić information content (AvgIpc) is 2.75. The smallest absolute Gasteiger partial charge is 0.0734 e. The van der Waals surface area contributed by atoms with Crippen LogP contribution in [0.5, 0.6) is 0 Å². The lowest BCUT2D eigenvalue weighted by Gasteiger charge is -2.07. The number of allylic oxidation sites excluding steroid dienone is 5. The second kappa shape index (κ2) is 5.87. The Morgan fingerprint density at radius 3 is 2.55 bits per heavy atom. The van der Waals surface area contributed by atoms with Crippen molar-refractivity contribution < 1.29 is 0 Å². The Labute approximate surface area is 120 Å². The van der Waals surface area contributed by atoms with Gasteiger partial charge in [-0.05, 0) is 44.4 Å². The van der Waals surface area contributed by atoms with Gasteiger partial charge in [-0.1, -0.05) is 23.3 Å². The maximum Gasteiger partial charge on any atom is 0.0734 e. The first-order valence-corrected chi connectivity index (χ1v) is 6.79. The van der Waals surface area contributed by atoms with Crippen LogP contribution in [0.1, 0.15) is 38.4 Å². The van der Waals surface area contributed by atoms with Gasteiger partial charge in [-0.2, -0.15) is 0 Å². The van der Waals surface area contributed by atoms with Gasteiger partial charge in [-0.25, -0.2) is 0 Å². The third-order valence-electron chi connectivity index (χ3n) is 3.44. The molecule has 104 valence electrons. The molecule has 0 saturated heterocycles. The van der Waals surface area contributed by atoms with Gasteiger partial charge in [0.25, 0.3) is 0 Å². The number of aromatic nitrogens is 1. The molecule has 20 heavy (non-hydrogen) atoms. The first kappa shape index (κ1) is 14.3. The minimum absolute atomic E-state index is 0.506. The maximum absolute atomic E-state index is 7.80. The van der Waals surface area contributed by atoms with E-state index in [9.17, 15) is 0 Å². The van der Waals surface area contributed by atoms with Crippen LogP contribution in [0.15, 0.2) is 41.8 Å². The Bertz CT molecular complexity index is 616. The summed E-state index contributed by atoms with van der Waals surface area (Å²) in [4.78, 5) is 4.51. The van der Waals surface area contributed by atoms with Crippen LogP contribution in [-0.4, -0.2) is 17.7 Å². The highest BCUT2D eigenvalue weighted by atomic mass is 14.8. The fourth-order valence-electron chi connectivity index (χ4n) is 2.49. The van der Waals surface area contributed by atoms with E-state index in [1.807, 2.05) is 25.5 Å². The first-order valence-electron chi connectivity index (χ1n) is 6.79. The number of nitrogens with one attached hydrogen (secondary N) is 2. The van der Waals surface area contributed by atoms with E-state index < -0.39 is 0 Å². The van der Waals surface area contributed by atoms with Crippen molar-refractivity contribution in [3.05, 3.63) is 53.0 Å². The zero-order valence-electron chi connectivity index (χ0n) is 12.5. The monoisotopic (exact) mass is 267 g/mol. The predicted molar refractivity (Wildman–Crippen MR) is 85.6 cm³/mol.